The van der Waals surface area contributed by atoms with E-state index in [1.165, 1.54) is 5.56 Å². The van der Waals surface area contributed by atoms with E-state index in [0.717, 1.165) is 24.9 Å². The maximum Gasteiger partial charge on any atom is 0.159 e. The first-order valence-electron chi connectivity index (χ1n) is 6.25. The number of ketones is 1. The van der Waals surface area contributed by atoms with Gasteiger partial charge in [-0.3, -0.25) is 4.79 Å². The molecule has 3 heteroatoms. The van der Waals surface area contributed by atoms with Gasteiger partial charge in [-0.2, -0.15) is 0 Å². The van der Waals surface area contributed by atoms with Crippen molar-refractivity contribution in [1.29, 1.82) is 0 Å². The summed E-state index contributed by atoms with van der Waals surface area (Å²) >= 11 is 0. The Morgan fingerprint density at radius 2 is 2.35 bits per heavy atom. The Kier molecular flexibility index (Phi) is 3.92. The standard InChI is InChI=1S/C14H20N2O/c1-10(17)11-3-2-4-12(7-11)13-5-6-16-14(8-13)9-15/h2-4,7,13-14,16H,5-6,8-9,15H2,1H3. The maximum atomic E-state index is 11.4. The van der Waals surface area contributed by atoms with Gasteiger partial charge in [-0.05, 0) is 43.9 Å². The monoisotopic (exact) mass is 232 g/mol. The van der Waals surface area contributed by atoms with Crippen LogP contribution < -0.4 is 11.1 Å². The summed E-state index contributed by atoms with van der Waals surface area (Å²) in [5.74, 6) is 0.667. The van der Waals surface area contributed by atoms with Crippen molar-refractivity contribution in [3.05, 3.63) is 35.4 Å². The van der Waals surface area contributed by atoms with Crippen LogP contribution in [0.2, 0.25) is 0 Å². The molecule has 0 radical (unpaired) electrons. The van der Waals surface area contributed by atoms with Gasteiger partial charge in [0.2, 0.25) is 0 Å². The summed E-state index contributed by atoms with van der Waals surface area (Å²) in [5.41, 5.74) is 7.79. The summed E-state index contributed by atoms with van der Waals surface area (Å²) < 4.78 is 0. The van der Waals surface area contributed by atoms with Gasteiger partial charge in [0.15, 0.2) is 5.78 Å². The van der Waals surface area contributed by atoms with Crippen LogP contribution in [0.5, 0.6) is 0 Å². The number of piperidine rings is 1. The van der Waals surface area contributed by atoms with Gasteiger partial charge in [-0.1, -0.05) is 18.2 Å². The van der Waals surface area contributed by atoms with Gasteiger partial charge >= 0.3 is 0 Å². The van der Waals surface area contributed by atoms with E-state index in [1.807, 2.05) is 18.2 Å². The summed E-state index contributed by atoms with van der Waals surface area (Å²) in [6.45, 7) is 3.31. The molecule has 2 rings (SSSR count). The average molecular weight is 232 g/mol. The molecular weight excluding hydrogens is 212 g/mol. The van der Waals surface area contributed by atoms with Crippen LogP contribution in [0.1, 0.15) is 41.6 Å². The van der Waals surface area contributed by atoms with Crippen LogP contribution in [0.3, 0.4) is 0 Å². The van der Waals surface area contributed by atoms with Crippen molar-refractivity contribution >= 4 is 5.78 Å². The van der Waals surface area contributed by atoms with Crippen molar-refractivity contribution in [3.8, 4) is 0 Å². The van der Waals surface area contributed by atoms with E-state index >= 15 is 0 Å². The number of carbonyl (C=O) groups is 1. The van der Waals surface area contributed by atoms with Crippen molar-refractivity contribution in [2.45, 2.75) is 31.7 Å². The van der Waals surface area contributed by atoms with Crippen LogP contribution in [0.4, 0.5) is 0 Å². The van der Waals surface area contributed by atoms with Crippen LogP contribution >= 0.6 is 0 Å². The smallest absolute Gasteiger partial charge is 0.159 e. The minimum atomic E-state index is 0.135. The minimum absolute atomic E-state index is 0.135. The predicted molar refractivity (Wildman–Crippen MR) is 69.3 cm³/mol. The Morgan fingerprint density at radius 1 is 1.53 bits per heavy atom. The minimum Gasteiger partial charge on any atom is -0.329 e. The molecule has 2 unspecified atom stereocenters. The van der Waals surface area contributed by atoms with E-state index in [-0.39, 0.29) is 5.78 Å². The molecule has 3 N–H and O–H groups in total. The van der Waals surface area contributed by atoms with Gasteiger partial charge < -0.3 is 11.1 Å². The van der Waals surface area contributed by atoms with Gasteiger partial charge in [0.1, 0.15) is 0 Å². The van der Waals surface area contributed by atoms with E-state index in [4.69, 9.17) is 5.73 Å². The number of Topliss-reactive ketones (excluding diaryl/α,β-unsaturated/α-hetero) is 1. The second-order valence-corrected chi connectivity index (χ2v) is 4.79. The lowest BCUT2D eigenvalue weighted by molar-refractivity contribution is 0.101. The van der Waals surface area contributed by atoms with Gasteiger partial charge in [0.25, 0.3) is 0 Å². The quantitative estimate of drug-likeness (QED) is 0.780. The third-order valence-corrected chi connectivity index (χ3v) is 3.54. The van der Waals surface area contributed by atoms with Crippen molar-refractivity contribution in [1.82, 2.24) is 5.32 Å². The summed E-state index contributed by atoms with van der Waals surface area (Å²) in [6, 6.07) is 8.43. The van der Waals surface area contributed by atoms with E-state index in [1.54, 1.807) is 6.92 Å². The Labute approximate surface area is 102 Å². The fourth-order valence-corrected chi connectivity index (χ4v) is 2.50. The molecule has 17 heavy (non-hydrogen) atoms. The highest BCUT2D eigenvalue weighted by atomic mass is 16.1. The third kappa shape index (κ3) is 2.93. The zero-order valence-corrected chi connectivity index (χ0v) is 10.3. The fraction of sp³-hybridized carbons (Fsp3) is 0.500. The van der Waals surface area contributed by atoms with Crippen LogP contribution in [0.15, 0.2) is 24.3 Å². The molecule has 92 valence electrons. The second kappa shape index (κ2) is 5.43. The van der Waals surface area contributed by atoms with E-state index in [9.17, 15) is 4.79 Å². The molecule has 3 nitrogen and oxygen atoms in total. The molecule has 1 aliphatic heterocycles. The summed E-state index contributed by atoms with van der Waals surface area (Å²) in [4.78, 5) is 11.4. The normalized spacial score (nSPS) is 24.6. The lowest BCUT2D eigenvalue weighted by atomic mass is 9.85. The number of nitrogens with two attached hydrogens (primary N) is 1. The number of hydrogen-bond donors (Lipinski definition) is 2. The van der Waals surface area contributed by atoms with E-state index in [2.05, 4.69) is 11.4 Å². The number of rotatable bonds is 3. The SMILES string of the molecule is CC(=O)c1cccc(C2CCNC(CN)C2)c1. The molecule has 0 bridgehead atoms. The molecule has 1 heterocycles. The van der Waals surface area contributed by atoms with Gasteiger partial charge in [0.05, 0.1) is 0 Å². The molecule has 0 spiro atoms. The van der Waals surface area contributed by atoms with E-state index in [0.29, 0.717) is 18.5 Å². The third-order valence-electron chi connectivity index (χ3n) is 3.54. The van der Waals surface area contributed by atoms with Crippen LogP contribution in [-0.2, 0) is 0 Å². The Balaban J connectivity index is 2.16. The molecular formula is C14H20N2O. The summed E-state index contributed by atoms with van der Waals surface area (Å²) in [7, 11) is 0. The first-order valence-corrected chi connectivity index (χ1v) is 6.25. The highest BCUT2D eigenvalue weighted by molar-refractivity contribution is 5.94. The molecule has 0 amide bonds. The van der Waals surface area contributed by atoms with Crippen molar-refractivity contribution in [3.63, 3.8) is 0 Å². The Morgan fingerprint density at radius 3 is 3.06 bits per heavy atom. The largest absolute Gasteiger partial charge is 0.329 e. The highest BCUT2D eigenvalue weighted by Gasteiger charge is 2.21. The molecule has 1 aromatic rings. The predicted octanol–water partition coefficient (Wildman–Crippen LogP) is 1.68. The van der Waals surface area contributed by atoms with Gasteiger partial charge in [0, 0.05) is 18.2 Å². The lowest BCUT2D eigenvalue weighted by Crippen LogP contribution is -2.42. The zero-order chi connectivity index (χ0) is 12.3. The summed E-state index contributed by atoms with van der Waals surface area (Å²) in [6.07, 6.45) is 2.19. The molecule has 0 saturated carbocycles. The first kappa shape index (κ1) is 12.3. The molecule has 0 aliphatic carbocycles. The molecule has 0 aromatic heterocycles. The second-order valence-electron chi connectivity index (χ2n) is 4.79. The van der Waals surface area contributed by atoms with E-state index < -0.39 is 0 Å². The van der Waals surface area contributed by atoms with Crippen molar-refractivity contribution < 1.29 is 4.79 Å². The van der Waals surface area contributed by atoms with Crippen LogP contribution in [-0.4, -0.2) is 24.9 Å². The highest BCUT2D eigenvalue weighted by Crippen LogP contribution is 2.28. The molecule has 1 aromatic carbocycles. The molecule has 1 aliphatic rings. The lowest BCUT2D eigenvalue weighted by Gasteiger charge is -2.30. The van der Waals surface area contributed by atoms with Crippen molar-refractivity contribution in [2.24, 2.45) is 5.73 Å². The van der Waals surface area contributed by atoms with Crippen molar-refractivity contribution in [2.75, 3.05) is 13.1 Å². The fourth-order valence-electron chi connectivity index (χ4n) is 2.50. The molecule has 1 fully saturated rings. The number of carbonyl (C=O) groups excluding carboxylic acids is 1. The topological polar surface area (TPSA) is 55.1 Å². The number of hydrogen-bond acceptors (Lipinski definition) is 3. The maximum absolute atomic E-state index is 11.4. The Hall–Kier alpha value is -1.19. The average Bonchev–Trinajstić information content (AvgIpc) is 2.39. The number of nitrogens with one attached hydrogen (secondary N) is 1. The molecule has 2 atom stereocenters. The summed E-state index contributed by atoms with van der Waals surface area (Å²) in [5, 5.41) is 3.41. The van der Waals surface area contributed by atoms with Crippen LogP contribution in [0, 0.1) is 0 Å². The zero-order valence-electron chi connectivity index (χ0n) is 10.3. The Bertz CT molecular complexity index is 403. The van der Waals surface area contributed by atoms with Gasteiger partial charge in [-0.15, -0.1) is 0 Å². The number of benzene rings is 1. The van der Waals surface area contributed by atoms with Gasteiger partial charge in [-0.25, -0.2) is 0 Å². The first-order chi connectivity index (χ1) is 8.20. The molecule has 1 saturated heterocycles. The van der Waals surface area contributed by atoms with Crippen LogP contribution in [0.25, 0.3) is 0 Å².